The molecule has 3 nitrogen and oxygen atoms in total. The van der Waals surface area contributed by atoms with E-state index < -0.39 is 0 Å². The van der Waals surface area contributed by atoms with E-state index in [4.69, 9.17) is 0 Å². The van der Waals surface area contributed by atoms with Gasteiger partial charge in [-0.05, 0) is 17.7 Å². The Bertz CT molecular complexity index is 451. The van der Waals surface area contributed by atoms with Crippen molar-refractivity contribution in [2.45, 2.75) is 6.54 Å². The molecule has 0 unspecified atom stereocenters. The summed E-state index contributed by atoms with van der Waals surface area (Å²) in [4.78, 5) is 14.6. The van der Waals surface area contributed by atoms with Gasteiger partial charge in [0.15, 0.2) is 0 Å². The molecule has 0 fully saturated rings. The van der Waals surface area contributed by atoms with Gasteiger partial charge in [-0.2, -0.15) is 0 Å². The molecule has 0 saturated heterocycles. The van der Waals surface area contributed by atoms with Crippen molar-refractivity contribution in [1.82, 2.24) is 4.98 Å². The minimum absolute atomic E-state index is 0.696. The molecule has 1 aromatic heterocycles. The van der Waals surface area contributed by atoms with Crippen molar-refractivity contribution in [2.24, 2.45) is 0 Å². The summed E-state index contributed by atoms with van der Waals surface area (Å²) in [5.41, 5.74) is 1.82. The van der Waals surface area contributed by atoms with Gasteiger partial charge in [-0.25, -0.2) is 4.98 Å². The summed E-state index contributed by atoms with van der Waals surface area (Å²) in [5, 5.41) is 3.20. The number of aromatic nitrogens is 1. The van der Waals surface area contributed by atoms with Crippen LogP contribution in [-0.2, 0) is 6.54 Å². The number of hydrogen-bond donors (Lipinski definition) is 1. The second-order valence-electron chi connectivity index (χ2n) is 3.43. The zero-order chi connectivity index (χ0) is 11.2. The van der Waals surface area contributed by atoms with Crippen LogP contribution in [0.5, 0.6) is 0 Å². The Morgan fingerprint density at radius 3 is 2.56 bits per heavy atom. The highest BCUT2D eigenvalue weighted by Crippen LogP contribution is 2.06. The number of pyridine rings is 1. The molecule has 16 heavy (non-hydrogen) atoms. The van der Waals surface area contributed by atoms with Crippen LogP contribution in [0.2, 0.25) is 0 Å². The topological polar surface area (TPSA) is 42.0 Å². The highest BCUT2D eigenvalue weighted by molar-refractivity contribution is 5.74. The standard InChI is InChI=1S/C13H12N2O/c16-10-12-6-4-11(5-7-12)9-15-13-3-1-2-8-14-13/h1-8,10H,9H2,(H,14,15). The number of anilines is 1. The molecule has 0 amide bonds. The Balaban J connectivity index is 1.97. The third kappa shape index (κ3) is 2.67. The van der Waals surface area contributed by atoms with Gasteiger partial charge in [0.25, 0.3) is 0 Å². The Kier molecular flexibility index (Phi) is 3.28. The monoisotopic (exact) mass is 212 g/mol. The highest BCUT2D eigenvalue weighted by Gasteiger charge is 1.94. The van der Waals surface area contributed by atoms with Crippen LogP contribution in [-0.4, -0.2) is 11.3 Å². The molecule has 0 aliphatic heterocycles. The van der Waals surface area contributed by atoms with Gasteiger partial charge >= 0.3 is 0 Å². The molecule has 2 aromatic rings. The number of carbonyl (C=O) groups is 1. The molecule has 3 heteroatoms. The van der Waals surface area contributed by atoms with Crippen LogP contribution in [0, 0.1) is 0 Å². The lowest BCUT2D eigenvalue weighted by Crippen LogP contribution is -2.00. The Hall–Kier alpha value is -2.16. The summed E-state index contributed by atoms with van der Waals surface area (Å²) in [7, 11) is 0. The van der Waals surface area contributed by atoms with Crippen LogP contribution in [0.4, 0.5) is 5.82 Å². The first-order valence-corrected chi connectivity index (χ1v) is 5.07. The smallest absolute Gasteiger partial charge is 0.150 e. The third-order valence-electron chi connectivity index (χ3n) is 2.25. The molecule has 0 saturated carbocycles. The molecule has 0 bridgehead atoms. The van der Waals surface area contributed by atoms with Crippen molar-refractivity contribution >= 4 is 12.1 Å². The van der Waals surface area contributed by atoms with Crippen molar-refractivity contribution in [3.8, 4) is 0 Å². The maximum atomic E-state index is 10.5. The molecule has 1 N–H and O–H groups in total. The lowest BCUT2D eigenvalue weighted by molar-refractivity contribution is 0.112. The number of nitrogens with one attached hydrogen (secondary N) is 1. The Labute approximate surface area is 94.1 Å². The van der Waals surface area contributed by atoms with E-state index in [1.54, 1.807) is 6.20 Å². The molecule has 0 aliphatic carbocycles. The van der Waals surface area contributed by atoms with Gasteiger partial charge in [0.1, 0.15) is 12.1 Å². The van der Waals surface area contributed by atoms with Gasteiger partial charge in [0.05, 0.1) is 0 Å². The van der Waals surface area contributed by atoms with Crippen LogP contribution in [0.3, 0.4) is 0 Å². The van der Waals surface area contributed by atoms with Crippen LogP contribution in [0.15, 0.2) is 48.7 Å². The minimum Gasteiger partial charge on any atom is -0.366 e. The second-order valence-corrected chi connectivity index (χ2v) is 3.43. The summed E-state index contributed by atoms with van der Waals surface area (Å²) in [5.74, 6) is 0.849. The predicted octanol–water partition coefficient (Wildman–Crippen LogP) is 2.51. The highest BCUT2D eigenvalue weighted by atomic mass is 16.1. The molecule has 0 radical (unpaired) electrons. The summed E-state index contributed by atoms with van der Waals surface area (Å²) in [6.45, 7) is 0.705. The first-order valence-electron chi connectivity index (χ1n) is 5.07. The number of nitrogens with zero attached hydrogens (tertiary/aromatic N) is 1. The normalized spacial score (nSPS) is 9.75. The second kappa shape index (κ2) is 5.07. The number of carbonyl (C=O) groups excluding carboxylic acids is 1. The molecular formula is C13H12N2O. The Morgan fingerprint density at radius 2 is 1.94 bits per heavy atom. The van der Waals surface area contributed by atoms with Crippen LogP contribution >= 0.6 is 0 Å². The fraction of sp³-hybridized carbons (Fsp3) is 0.0769. The number of rotatable bonds is 4. The van der Waals surface area contributed by atoms with Crippen LogP contribution in [0.1, 0.15) is 15.9 Å². The molecular weight excluding hydrogens is 200 g/mol. The van der Waals surface area contributed by atoms with E-state index >= 15 is 0 Å². The molecule has 1 heterocycles. The molecule has 0 atom stereocenters. The van der Waals surface area contributed by atoms with Crippen LogP contribution in [0.25, 0.3) is 0 Å². The summed E-state index contributed by atoms with van der Waals surface area (Å²) < 4.78 is 0. The SMILES string of the molecule is O=Cc1ccc(CNc2ccccn2)cc1. The summed E-state index contributed by atoms with van der Waals surface area (Å²) in [6.07, 6.45) is 2.59. The maximum absolute atomic E-state index is 10.5. The van der Waals surface area contributed by atoms with E-state index in [2.05, 4.69) is 10.3 Å². The van der Waals surface area contributed by atoms with Gasteiger partial charge in [-0.3, -0.25) is 4.79 Å². The zero-order valence-electron chi connectivity index (χ0n) is 8.76. The van der Waals surface area contributed by atoms with E-state index in [9.17, 15) is 4.79 Å². The predicted molar refractivity (Wildman–Crippen MR) is 63.4 cm³/mol. The van der Waals surface area contributed by atoms with Crippen molar-refractivity contribution in [3.05, 3.63) is 59.8 Å². The van der Waals surface area contributed by atoms with E-state index in [1.807, 2.05) is 42.5 Å². The van der Waals surface area contributed by atoms with Gasteiger partial charge in [0, 0.05) is 18.3 Å². The fourth-order valence-electron chi connectivity index (χ4n) is 1.37. The third-order valence-corrected chi connectivity index (χ3v) is 2.25. The Morgan fingerprint density at radius 1 is 1.12 bits per heavy atom. The van der Waals surface area contributed by atoms with Crippen molar-refractivity contribution in [3.63, 3.8) is 0 Å². The van der Waals surface area contributed by atoms with Gasteiger partial charge in [-0.15, -0.1) is 0 Å². The van der Waals surface area contributed by atoms with E-state index in [0.29, 0.717) is 12.1 Å². The minimum atomic E-state index is 0.696. The first kappa shape index (κ1) is 10.4. The quantitative estimate of drug-likeness (QED) is 0.792. The summed E-state index contributed by atoms with van der Waals surface area (Å²) in [6, 6.07) is 13.2. The lowest BCUT2D eigenvalue weighted by Gasteiger charge is -2.05. The van der Waals surface area contributed by atoms with Gasteiger partial charge in [-0.1, -0.05) is 30.3 Å². The molecule has 0 aliphatic rings. The summed E-state index contributed by atoms with van der Waals surface area (Å²) >= 11 is 0. The molecule has 80 valence electrons. The van der Waals surface area contributed by atoms with Crippen molar-refractivity contribution in [2.75, 3.05) is 5.32 Å². The van der Waals surface area contributed by atoms with Gasteiger partial charge in [0.2, 0.25) is 0 Å². The number of hydrogen-bond acceptors (Lipinski definition) is 3. The molecule has 1 aromatic carbocycles. The van der Waals surface area contributed by atoms with Crippen LogP contribution < -0.4 is 5.32 Å². The molecule has 2 rings (SSSR count). The zero-order valence-corrected chi connectivity index (χ0v) is 8.76. The number of aldehydes is 1. The maximum Gasteiger partial charge on any atom is 0.150 e. The average Bonchev–Trinajstić information content (AvgIpc) is 2.38. The van der Waals surface area contributed by atoms with Crippen molar-refractivity contribution in [1.29, 1.82) is 0 Å². The van der Waals surface area contributed by atoms with Crippen molar-refractivity contribution < 1.29 is 4.79 Å². The van der Waals surface area contributed by atoms with E-state index in [-0.39, 0.29) is 0 Å². The number of benzene rings is 1. The lowest BCUT2D eigenvalue weighted by atomic mass is 10.1. The fourth-order valence-corrected chi connectivity index (χ4v) is 1.37. The molecule has 0 spiro atoms. The first-order chi connectivity index (χ1) is 7.88. The largest absolute Gasteiger partial charge is 0.366 e. The van der Waals surface area contributed by atoms with E-state index in [1.165, 1.54) is 0 Å². The van der Waals surface area contributed by atoms with E-state index in [0.717, 1.165) is 17.7 Å². The van der Waals surface area contributed by atoms with Gasteiger partial charge < -0.3 is 5.32 Å². The average molecular weight is 212 g/mol.